The molecule has 22 heavy (non-hydrogen) atoms. The Bertz CT molecular complexity index is 871. The topological polar surface area (TPSA) is 18.5 Å². The molecular weight excluding hydrogens is 272 g/mol. The fourth-order valence-electron chi connectivity index (χ4n) is 3.26. The second kappa shape index (κ2) is 4.38. The maximum Gasteiger partial charge on any atom is 0.143 e. The Hall–Kier alpha value is -2.74. The summed E-state index contributed by atoms with van der Waals surface area (Å²) in [6, 6.07) is 16.4. The molecule has 2 heterocycles. The third-order valence-electron chi connectivity index (χ3n) is 4.36. The van der Waals surface area contributed by atoms with Crippen LogP contribution in [0.4, 0.5) is 0 Å². The number of para-hydroxylation sites is 2. The van der Waals surface area contributed by atoms with E-state index in [9.17, 15) is 0 Å². The molecule has 0 aromatic heterocycles. The van der Waals surface area contributed by atoms with Crippen molar-refractivity contribution in [1.82, 2.24) is 0 Å². The number of benzene rings is 2. The Kier molecular flexibility index (Phi) is 2.36. The van der Waals surface area contributed by atoms with Crippen molar-refractivity contribution in [2.24, 2.45) is 0 Å². The fraction of sp³-hybridized carbons (Fsp3) is 0.100. The summed E-state index contributed by atoms with van der Waals surface area (Å²) in [5.41, 5.74) is 4.80. The molecule has 1 aliphatic carbocycles. The smallest absolute Gasteiger partial charge is 0.143 e. The molecule has 0 bridgehead atoms. The first-order valence-corrected chi connectivity index (χ1v) is 7.53. The van der Waals surface area contributed by atoms with E-state index in [1.54, 1.807) is 0 Å². The molecule has 2 aromatic rings. The van der Waals surface area contributed by atoms with Crippen molar-refractivity contribution in [1.29, 1.82) is 0 Å². The third-order valence-corrected chi connectivity index (χ3v) is 4.36. The molecule has 2 aromatic carbocycles. The zero-order valence-electron chi connectivity index (χ0n) is 12.0. The van der Waals surface area contributed by atoms with Crippen LogP contribution >= 0.6 is 0 Å². The van der Waals surface area contributed by atoms with Crippen molar-refractivity contribution >= 4 is 6.08 Å². The third kappa shape index (κ3) is 1.74. The molecule has 0 amide bonds. The number of rotatable bonds is 0. The number of fused-ring (bicyclic) bond motifs is 4. The van der Waals surface area contributed by atoms with Crippen molar-refractivity contribution in [3.05, 3.63) is 88.7 Å². The van der Waals surface area contributed by atoms with Crippen LogP contribution in [0.25, 0.3) is 6.08 Å². The molecule has 0 spiro atoms. The zero-order chi connectivity index (χ0) is 14.5. The molecule has 5 rings (SSSR count). The second-order valence-corrected chi connectivity index (χ2v) is 5.81. The van der Waals surface area contributed by atoms with E-state index in [4.69, 9.17) is 9.47 Å². The van der Waals surface area contributed by atoms with Crippen LogP contribution in [0.2, 0.25) is 0 Å². The summed E-state index contributed by atoms with van der Waals surface area (Å²) < 4.78 is 12.2. The van der Waals surface area contributed by atoms with Crippen LogP contribution in [0.1, 0.15) is 11.1 Å². The van der Waals surface area contributed by atoms with Crippen LogP contribution in [-0.4, -0.2) is 6.10 Å². The van der Waals surface area contributed by atoms with Crippen LogP contribution in [0.15, 0.2) is 77.6 Å². The summed E-state index contributed by atoms with van der Waals surface area (Å²) in [5, 5.41) is 0. The van der Waals surface area contributed by atoms with Crippen molar-refractivity contribution in [2.75, 3.05) is 0 Å². The lowest BCUT2D eigenvalue weighted by Crippen LogP contribution is -2.28. The van der Waals surface area contributed by atoms with Gasteiger partial charge in [-0.15, -0.1) is 0 Å². The minimum Gasteiger partial charge on any atom is -0.482 e. The van der Waals surface area contributed by atoms with Gasteiger partial charge in [-0.1, -0.05) is 36.4 Å². The van der Waals surface area contributed by atoms with E-state index in [2.05, 4.69) is 36.4 Å². The first kappa shape index (κ1) is 11.9. The normalized spacial score (nSPS) is 20.7. The van der Waals surface area contributed by atoms with Gasteiger partial charge in [-0.2, -0.15) is 0 Å². The predicted molar refractivity (Wildman–Crippen MR) is 85.8 cm³/mol. The van der Waals surface area contributed by atoms with Crippen LogP contribution in [0.5, 0.6) is 11.5 Å². The highest BCUT2D eigenvalue weighted by molar-refractivity contribution is 5.71. The van der Waals surface area contributed by atoms with E-state index in [-0.39, 0.29) is 6.10 Å². The van der Waals surface area contributed by atoms with Gasteiger partial charge in [0.1, 0.15) is 23.4 Å². The lowest BCUT2D eigenvalue weighted by molar-refractivity contribution is 0.257. The molecule has 3 aliphatic rings. The summed E-state index contributed by atoms with van der Waals surface area (Å²) in [5.74, 6) is 2.78. The van der Waals surface area contributed by atoms with E-state index in [1.807, 2.05) is 30.3 Å². The van der Waals surface area contributed by atoms with Gasteiger partial charge in [-0.05, 0) is 35.4 Å². The van der Waals surface area contributed by atoms with Gasteiger partial charge in [-0.25, -0.2) is 0 Å². The molecule has 0 saturated carbocycles. The Balaban J connectivity index is 1.60. The maximum absolute atomic E-state index is 6.12. The monoisotopic (exact) mass is 286 g/mol. The van der Waals surface area contributed by atoms with Gasteiger partial charge in [0.15, 0.2) is 0 Å². The van der Waals surface area contributed by atoms with E-state index in [0.29, 0.717) is 0 Å². The first-order valence-electron chi connectivity index (χ1n) is 7.53. The molecule has 0 N–H and O–H groups in total. The molecule has 1 atom stereocenters. The molecule has 0 saturated heterocycles. The Morgan fingerprint density at radius 3 is 2.64 bits per heavy atom. The average Bonchev–Trinajstić information content (AvgIpc) is 2.56. The van der Waals surface area contributed by atoms with Gasteiger partial charge in [0.25, 0.3) is 0 Å². The number of ether oxygens (including phenoxy) is 2. The quantitative estimate of drug-likeness (QED) is 0.719. The number of hydrogen-bond donors (Lipinski definition) is 0. The molecule has 2 aliphatic heterocycles. The highest BCUT2D eigenvalue weighted by Crippen LogP contribution is 2.39. The number of allylic oxidation sites excluding steroid dienone is 1. The van der Waals surface area contributed by atoms with Gasteiger partial charge in [0.2, 0.25) is 0 Å². The maximum atomic E-state index is 6.12. The van der Waals surface area contributed by atoms with Crippen LogP contribution in [-0.2, 0) is 6.42 Å². The SMILES string of the molecule is C1=C2C=C3Cc4ccccc4OC3C=C2Oc2ccccc21. The lowest BCUT2D eigenvalue weighted by atomic mass is 9.88. The van der Waals surface area contributed by atoms with E-state index in [1.165, 1.54) is 11.1 Å². The van der Waals surface area contributed by atoms with Crippen LogP contribution in [0.3, 0.4) is 0 Å². The van der Waals surface area contributed by atoms with E-state index < -0.39 is 0 Å². The zero-order valence-corrected chi connectivity index (χ0v) is 12.0. The second-order valence-electron chi connectivity index (χ2n) is 5.81. The first-order chi connectivity index (χ1) is 10.9. The van der Waals surface area contributed by atoms with Gasteiger partial charge in [0.05, 0.1) is 0 Å². The van der Waals surface area contributed by atoms with Crippen molar-refractivity contribution in [3.63, 3.8) is 0 Å². The van der Waals surface area contributed by atoms with Gasteiger partial charge >= 0.3 is 0 Å². The average molecular weight is 286 g/mol. The van der Waals surface area contributed by atoms with Crippen molar-refractivity contribution in [2.45, 2.75) is 12.5 Å². The number of hydrogen-bond acceptors (Lipinski definition) is 2. The van der Waals surface area contributed by atoms with Gasteiger partial charge < -0.3 is 9.47 Å². The van der Waals surface area contributed by atoms with E-state index >= 15 is 0 Å². The van der Waals surface area contributed by atoms with Gasteiger partial charge in [-0.3, -0.25) is 0 Å². The largest absolute Gasteiger partial charge is 0.482 e. The minimum atomic E-state index is -0.0210. The predicted octanol–water partition coefficient (Wildman–Crippen LogP) is 4.29. The van der Waals surface area contributed by atoms with Crippen molar-refractivity contribution < 1.29 is 9.47 Å². The van der Waals surface area contributed by atoms with Gasteiger partial charge in [0, 0.05) is 23.6 Å². The van der Waals surface area contributed by atoms with E-state index in [0.717, 1.165) is 34.8 Å². The summed E-state index contributed by atoms with van der Waals surface area (Å²) in [4.78, 5) is 0. The summed E-state index contributed by atoms with van der Waals surface area (Å²) >= 11 is 0. The molecule has 1 unspecified atom stereocenters. The summed E-state index contributed by atoms with van der Waals surface area (Å²) in [6.45, 7) is 0. The molecule has 106 valence electrons. The highest BCUT2D eigenvalue weighted by Gasteiger charge is 2.29. The summed E-state index contributed by atoms with van der Waals surface area (Å²) in [7, 11) is 0. The molecule has 0 fully saturated rings. The summed E-state index contributed by atoms with van der Waals surface area (Å²) in [6.07, 6.45) is 7.41. The molecule has 0 radical (unpaired) electrons. The van der Waals surface area contributed by atoms with Crippen LogP contribution < -0.4 is 9.47 Å². The Morgan fingerprint density at radius 1 is 0.864 bits per heavy atom. The lowest BCUT2D eigenvalue weighted by Gasteiger charge is -2.32. The fourth-order valence-corrected chi connectivity index (χ4v) is 3.26. The standard InChI is InChI=1S/C20H14O2/c1-3-7-17-13(5-1)9-15-11-16-10-14-6-2-4-8-18(14)22-20(16)12-19(15)21-17/h1-9,11-12,20H,10H2. The van der Waals surface area contributed by atoms with Crippen molar-refractivity contribution in [3.8, 4) is 11.5 Å². The highest BCUT2D eigenvalue weighted by atomic mass is 16.5. The minimum absolute atomic E-state index is 0.0210. The molecule has 2 nitrogen and oxygen atoms in total. The molecular formula is C20H14O2. The molecule has 2 heteroatoms. The van der Waals surface area contributed by atoms with Crippen LogP contribution in [0, 0.1) is 0 Å². The Labute approximate surface area is 129 Å². The Morgan fingerprint density at radius 2 is 1.68 bits per heavy atom.